The quantitative estimate of drug-likeness (QED) is 0.141. The van der Waals surface area contributed by atoms with Gasteiger partial charge in [0, 0.05) is 12.0 Å². The van der Waals surface area contributed by atoms with Crippen molar-refractivity contribution in [2.75, 3.05) is 26.4 Å². The van der Waals surface area contributed by atoms with Gasteiger partial charge in [-0.2, -0.15) is 0 Å². The molecule has 3 aliphatic rings. The smallest absolute Gasteiger partial charge is 0.331 e. The molecule has 0 spiro atoms. The maximum atomic E-state index is 12.6. The fraction of sp³-hybridized carbons (Fsp3) is 0.538. The number of benzene rings is 1. The van der Waals surface area contributed by atoms with Crippen LogP contribution < -0.4 is 0 Å². The Morgan fingerprint density at radius 3 is 2.33 bits per heavy atom. The Hall–Kier alpha value is -3.22. The molecule has 6 heteroatoms. The highest BCUT2D eigenvalue weighted by atomic mass is 16.7. The Bertz CT molecular complexity index is 1280. The highest BCUT2D eigenvalue weighted by Gasteiger charge is 2.30. The molecule has 45 heavy (non-hydrogen) atoms. The van der Waals surface area contributed by atoms with Crippen LogP contribution in [-0.2, 0) is 28.5 Å². The van der Waals surface area contributed by atoms with Crippen molar-refractivity contribution in [3.8, 4) is 0 Å². The second kappa shape index (κ2) is 16.9. The molecule has 0 radical (unpaired) electrons. The fourth-order valence-electron chi connectivity index (χ4n) is 6.54. The zero-order chi connectivity index (χ0) is 32.2. The largest absolute Gasteiger partial charge is 0.462 e. The first-order valence-electron chi connectivity index (χ1n) is 16.6. The standard InChI is InChI=1S/C39H52O6/c1-28(16-21-35-30(3)13-10-22-39(35,4)5)11-9-12-29(2)23-36(40)42-24-31-25-43-37(44-26-31)27-45-38(41)34-19-17-33(18-20-34)32-14-7-6-8-15-32/h6-9,11-12,14-16,21,23,31,33-34,37H,10,13,17-20,22,24-27H2,1-5H3/b12-9?,21-16?,28-11?,29-23+. The predicted octanol–water partition coefficient (Wildman–Crippen LogP) is 8.57. The molecule has 0 aromatic heterocycles. The molecule has 1 aromatic carbocycles. The van der Waals surface area contributed by atoms with Crippen LogP contribution in [0.3, 0.4) is 0 Å². The Balaban J connectivity index is 1.10. The van der Waals surface area contributed by atoms with Gasteiger partial charge in [0.05, 0.1) is 25.7 Å². The molecule has 0 N–H and O–H groups in total. The summed E-state index contributed by atoms with van der Waals surface area (Å²) in [6.45, 7) is 11.9. The first kappa shape index (κ1) is 34.6. The van der Waals surface area contributed by atoms with Gasteiger partial charge in [0.1, 0.15) is 6.61 Å². The molecule has 0 unspecified atom stereocenters. The minimum Gasteiger partial charge on any atom is -0.462 e. The molecule has 1 aromatic rings. The summed E-state index contributed by atoms with van der Waals surface area (Å²) < 4.78 is 22.5. The lowest BCUT2D eigenvalue weighted by Crippen LogP contribution is -2.38. The molecule has 0 bridgehead atoms. The second-order valence-electron chi connectivity index (χ2n) is 13.6. The normalized spacial score (nSPS) is 26.3. The number of rotatable bonds is 11. The predicted molar refractivity (Wildman–Crippen MR) is 178 cm³/mol. The van der Waals surface area contributed by atoms with Crippen LogP contribution in [0.2, 0.25) is 0 Å². The van der Waals surface area contributed by atoms with E-state index in [0.717, 1.165) is 36.8 Å². The summed E-state index contributed by atoms with van der Waals surface area (Å²) in [4.78, 5) is 25.0. The van der Waals surface area contributed by atoms with Gasteiger partial charge < -0.3 is 18.9 Å². The van der Waals surface area contributed by atoms with Crippen LogP contribution in [0.5, 0.6) is 0 Å². The molecule has 2 fully saturated rings. The van der Waals surface area contributed by atoms with Crippen LogP contribution in [0, 0.1) is 17.3 Å². The van der Waals surface area contributed by atoms with E-state index in [1.54, 1.807) is 0 Å². The molecular weight excluding hydrogens is 564 g/mol. The number of ether oxygens (including phenoxy) is 4. The molecule has 6 nitrogen and oxygen atoms in total. The summed E-state index contributed by atoms with van der Waals surface area (Å²) in [5.74, 6) is -0.173. The molecule has 0 amide bonds. The van der Waals surface area contributed by atoms with E-state index in [4.69, 9.17) is 18.9 Å². The summed E-state index contributed by atoms with van der Waals surface area (Å²) in [7, 11) is 0. The average molecular weight is 617 g/mol. The summed E-state index contributed by atoms with van der Waals surface area (Å²) >= 11 is 0. The maximum Gasteiger partial charge on any atom is 0.331 e. The lowest BCUT2D eigenvalue weighted by molar-refractivity contribution is -0.227. The third kappa shape index (κ3) is 11.0. The molecule has 1 saturated heterocycles. The lowest BCUT2D eigenvalue weighted by atomic mass is 9.72. The van der Waals surface area contributed by atoms with Crippen molar-refractivity contribution in [3.63, 3.8) is 0 Å². The van der Waals surface area contributed by atoms with Gasteiger partial charge in [0.15, 0.2) is 6.29 Å². The van der Waals surface area contributed by atoms with Crippen molar-refractivity contribution in [2.24, 2.45) is 17.3 Å². The minimum absolute atomic E-state index is 0.0648. The molecule has 4 rings (SSSR count). The van der Waals surface area contributed by atoms with E-state index in [1.165, 1.54) is 42.0 Å². The third-order valence-electron chi connectivity index (χ3n) is 9.31. The molecule has 1 saturated carbocycles. The number of hydrogen-bond acceptors (Lipinski definition) is 6. The molecule has 1 heterocycles. The lowest BCUT2D eigenvalue weighted by Gasteiger charge is -2.32. The van der Waals surface area contributed by atoms with Crippen LogP contribution in [0.1, 0.15) is 91.0 Å². The molecule has 244 valence electrons. The van der Waals surface area contributed by atoms with Crippen molar-refractivity contribution in [2.45, 2.75) is 91.8 Å². The van der Waals surface area contributed by atoms with Gasteiger partial charge in [0.2, 0.25) is 0 Å². The average Bonchev–Trinajstić information content (AvgIpc) is 3.03. The summed E-state index contributed by atoms with van der Waals surface area (Å²) in [5.41, 5.74) is 6.48. The first-order chi connectivity index (χ1) is 21.6. The number of allylic oxidation sites excluding steroid dienone is 9. The monoisotopic (exact) mass is 616 g/mol. The summed E-state index contributed by atoms with van der Waals surface area (Å²) in [6, 6.07) is 10.5. The van der Waals surface area contributed by atoms with Gasteiger partial charge in [-0.3, -0.25) is 4.79 Å². The topological polar surface area (TPSA) is 71.1 Å². The van der Waals surface area contributed by atoms with Crippen molar-refractivity contribution in [1.29, 1.82) is 0 Å². The van der Waals surface area contributed by atoms with E-state index in [2.05, 4.69) is 64.1 Å². The zero-order valence-electron chi connectivity index (χ0n) is 27.9. The van der Waals surface area contributed by atoms with Crippen LogP contribution in [0.25, 0.3) is 0 Å². The van der Waals surface area contributed by atoms with Gasteiger partial charge in [-0.1, -0.05) is 85.7 Å². The Labute approximate surface area is 270 Å². The van der Waals surface area contributed by atoms with Gasteiger partial charge in [0.25, 0.3) is 0 Å². The fourth-order valence-corrected chi connectivity index (χ4v) is 6.54. The van der Waals surface area contributed by atoms with E-state index in [0.29, 0.717) is 19.1 Å². The van der Waals surface area contributed by atoms with Crippen molar-refractivity contribution >= 4 is 11.9 Å². The van der Waals surface area contributed by atoms with Gasteiger partial charge in [-0.15, -0.1) is 0 Å². The Morgan fingerprint density at radius 1 is 0.933 bits per heavy atom. The Kier molecular flexibility index (Phi) is 13.0. The van der Waals surface area contributed by atoms with Gasteiger partial charge in [-0.05, 0) is 93.8 Å². The zero-order valence-corrected chi connectivity index (χ0v) is 27.9. The van der Waals surface area contributed by atoms with Crippen molar-refractivity contribution < 1.29 is 28.5 Å². The highest BCUT2D eigenvalue weighted by Crippen LogP contribution is 2.41. The highest BCUT2D eigenvalue weighted by molar-refractivity contribution is 5.83. The molecule has 2 aliphatic carbocycles. The van der Waals surface area contributed by atoms with E-state index < -0.39 is 12.3 Å². The van der Waals surface area contributed by atoms with Crippen LogP contribution >= 0.6 is 0 Å². The summed E-state index contributed by atoms with van der Waals surface area (Å²) in [5, 5.41) is 0. The SMILES string of the molecule is CC(C=CC1=C(C)CCCC1(C)C)=CC=C/C(C)=C/C(=O)OCC1COC(COC(=O)C2CCC(c3ccccc3)CC2)OC1. The van der Waals surface area contributed by atoms with Crippen LogP contribution in [0.4, 0.5) is 0 Å². The number of hydrogen-bond donors (Lipinski definition) is 0. The molecule has 1 aliphatic heterocycles. The Morgan fingerprint density at radius 2 is 1.64 bits per heavy atom. The summed E-state index contributed by atoms with van der Waals surface area (Å²) in [6.07, 6.45) is 18.6. The van der Waals surface area contributed by atoms with E-state index in [1.807, 2.05) is 31.2 Å². The first-order valence-corrected chi connectivity index (χ1v) is 16.6. The van der Waals surface area contributed by atoms with E-state index in [-0.39, 0.29) is 36.4 Å². The van der Waals surface area contributed by atoms with Crippen LogP contribution in [-0.4, -0.2) is 44.7 Å². The second-order valence-corrected chi connectivity index (χ2v) is 13.6. The van der Waals surface area contributed by atoms with Crippen molar-refractivity contribution in [3.05, 3.63) is 94.6 Å². The number of carbonyl (C=O) groups is 2. The van der Waals surface area contributed by atoms with Gasteiger partial charge in [-0.25, -0.2) is 4.79 Å². The van der Waals surface area contributed by atoms with E-state index >= 15 is 0 Å². The number of carbonyl (C=O) groups excluding carboxylic acids is 2. The van der Waals surface area contributed by atoms with E-state index in [9.17, 15) is 9.59 Å². The van der Waals surface area contributed by atoms with Crippen LogP contribution in [0.15, 0.2) is 89.1 Å². The number of esters is 2. The van der Waals surface area contributed by atoms with Crippen molar-refractivity contribution in [1.82, 2.24) is 0 Å². The van der Waals surface area contributed by atoms with Gasteiger partial charge >= 0.3 is 11.9 Å². The minimum atomic E-state index is -0.588. The molecule has 0 atom stereocenters. The third-order valence-corrected chi connectivity index (χ3v) is 9.31. The molecular formula is C39H52O6. The maximum absolute atomic E-state index is 12.6.